The van der Waals surface area contributed by atoms with Gasteiger partial charge < -0.3 is 4.42 Å². The van der Waals surface area contributed by atoms with Crippen LogP contribution in [0.5, 0.6) is 0 Å². The Kier molecular flexibility index (Phi) is 8.27. The molecule has 1 aliphatic rings. The fourth-order valence-electron chi connectivity index (χ4n) is 7.66. The second-order valence-electron chi connectivity index (χ2n) is 13.9. The zero-order chi connectivity index (χ0) is 36.6. The monoisotopic (exact) mass is 705 g/mol. The van der Waals surface area contributed by atoms with Gasteiger partial charge in [0, 0.05) is 38.9 Å². The van der Waals surface area contributed by atoms with Crippen molar-refractivity contribution >= 4 is 27.5 Å². The summed E-state index contributed by atoms with van der Waals surface area (Å²) in [7, 11) is 0. The van der Waals surface area contributed by atoms with Crippen LogP contribution >= 0.6 is 0 Å². The fraction of sp³-hybridized carbons (Fsp3) is 0.0392. The first-order valence-corrected chi connectivity index (χ1v) is 18.7. The van der Waals surface area contributed by atoms with Crippen LogP contribution in [0.15, 0.2) is 199 Å². The number of furan rings is 1. The minimum Gasteiger partial charge on any atom is -0.456 e. The summed E-state index contributed by atoms with van der Waals surface area (Å²) >= 11 is 0. The largest absolute Gasteiger partial charge is 0.456 e. The molecule has 0 saturated heterocycles. The van der Waals surface area contributed by atoms with Crippen molar-refractivity contribution in [3.8, 4) is 56.4 Å². The highest BCUT2D eigenvalue weighted by Gasteiger charge is 2.23. The standard InChI is InChI=1S/C51H35N3O/c1-4-12-34(13-5-1)37-20-26-40(27-21-37)43-32-33-45(47-44-18-10-11-19-46(44)55-48(43)47)51-53-49(41-28-22-38(23-29-41)35-14-6-2-7-15-35)52-50(54-51)42-30-24-39(25-31-42)36-16-8-3-9-17-36/h1-26,28-33,40H,27H2. The number of para-hydroxylation sites is 1. The highest BCUT2D eigenvalue weighted by Crippen LogP contribution is 2.42. The van der Waals surface area contributed by atoms with Gasteiger partial charge in [-0.05, 0) is 51.9 Å². The van der Waals surface area contributed by atoms with E-state index >= 15 is 0 Å². The maximum absolute atomic E-state index is 6.72. The first kappa shape index (κ1) is 32.5. The number of nitrogens with zero attached hydrogens (tertiary/aromatic N) is 3. The number of fused-ring (bicyclic) bond motifs is 3. The Labute approximate surface area is 319 Å². The van der Waals surface area contributed by atoms with Crippen molar-refractivity contribution in [1.82, 2.24) is 15.0 Å². The summed E-state index contributed by atoms with van der Waals surface area (Å²) in [5.74, 6) is 2.00. The lowest BCUT2D eigenvalue weighted by atomic mass is 9.86. The number of rotatable bonds is 7. The first-order valence-electron chi connectivity index (χ1n) is 18.7. The molecule has 4 heteroatoms. The third kappa shape index (κ3) is 6.24. The van der Waals surface area contributed by atoms with Gasteiger partial charge in [0.1, 0.15) is 11.2 Å². The average molecular weight is 706 g/mol. The third-order valence-electron chi connectivity index (χ3n) is 10.5. The van der Waals surface area contributed by atoms with Gasteiger partial charge in [0.05, 0.1) is 0 Å². The third-order valence-corrected chi connectivity index (χ3v) is 10.5. The molecule has 7 aromatic carbocycles. The van der Waals surface area contributed by atoms with Gasteiger partial charge in [0.15, 0.2) is 17.5 Å². The molecule has 9 aromatic rings. The number of hydrogen-bond acceptors (Lipinski definition) is 4. The Bertz CT molecular complexity index is 2760. The minimum atomic E-state index is 0.167. The van der Waals surface area contributed by atoms with Gasteiger partial charge in [-0.1, -0.05) is 182 Å². The summed E-state index contributed by atoms with van der Waals surface area (Å²) in [6.07, 6.45) is 7.76. The zero-order valence-corrected chi connectivity index (χ0v) is 30.0. The van der Waals surface area contributed by atoms with Crippen molar-refractivity contribution in [2.75, 3.05) is 0 Å². The lowest BCUT2D eigenvalue weighted by molar-refractivity contribution is 0.657. The lowest BCUT2D eigenvalue weighted by Gasteiger charge is -2.18. The van der Waals surface area contributed by atoms with Crippen LogP contribution in [0.3, 0.4) is 0 Å². The summed E-state index contributed by atoms with van der Waals surface area (Å²) in [6.45, 7) is 0. The lowest BCUT2D eigenvalue weighted by Crippen LogP contribution is -2.02. The van der Waals surface area contributed by atoms with E-state index in [0.29, 0.717) is 17.5 Å². The maximum atomic E-state index is 6.72. The predicted molar refractivity (Wildman–Crippen MR) is 225 cm³/mol. The van der Waals surface area contributed by atoms with Crippen LogP contribution in [0.2, 0.25) is 0 Å². The quantitative estimate of drug-likeness (QED) is 0.166. The van der Waals surface area contributed by atoms with E-state index in [1.165, 1.54) is 22.3 Å². The van der Waals surface area contributed by atoms with Gasteiger partial charge in [0.2, 0.25) is 0 Å². The maximum Gasteiger partial charge on any atom is 0.164 e. The Morgan fingerprint density at radius 2 is 0.927 bits per heavy atom. The summed E-state index contributed by atoms with van der Waals surface area (Å²) in [5.41, 5.74) is 12.7. The molecule has 0 bridgehead atoms. The minimum absolute atomic E-state index is 0.167. The van der Waals surface area contributed by atoms with Crippen LogP contribution in [0.4, 0.5) is 0 Å². The Balaban J connectivity index is 1.11. The van der Waals surface area contributed by atoms with E-state index in [2.05, 4.69) is 170 Å². The molecule has 0 amide bonds. The summed E-state index contributed by atoms with van der Waals surface area (Å²) in [6, 6.07) is 60.9. The van der Waals surface area contributed by atoms with Gasteiger partial charge >= 0.3 is 0 Å². The number of aromatic nitrogens is 3. The number of benzene rings is 7. The average Bonchev–Trinajstić information content (AvgIpc) is 3.67. The molecular formula is C51H35N3O. The van der Waals surface area contributed by atoms with Gasteiger partial charge in [-0.15, -0.1) is 0 Å². The Morgan fingerprint density at radius 3 is 1.49 bits per heavy atom. The molecule has 10 rings (SSSR count). The van der Waals surface area contributed by atoms with E-state index in [1.807, 2.05) is 24.3 Å². The molecule has 4 nitrogen and oxygen atoms in total. The second-order valence-corrected chi connectivity index (χ2v) is 13.9. The van der Waals surface area contributed by atoms with Crippen molar-refractivity contribution in [2.24, 2.45) is 0 Å². The van der Waals surface area contributed by atoms with Crippen LogP contribution in [-0.4, -0.2) is 15.0 Å². The smallest absolute Gasteiger partial charge is 0.164 e. The fourth-order valence-corrected chi connectivity index (χ4v) is 7.66. The summed E-state index contributed by atoms with van der Waals surface area (Å²) in [5, 5.41) is 2.05. The molecular weight excluding hydrogens is 671 g/mol. The Morgan fingerprint density at radius 1 is 0.436 bits per heavy atom. The molecule has 0 fully saturated rings. The SMILES string of the molecule is C1=CC(c2ccc(-c3nc(-c4ccc(-c5ccccc5)cc4)nc(-c4ccc(-c5ccccc5)cc4)n3)c3c2oc2ccccc23)CC=C1c1ccccc1. The first-order chi connectivity index (χ1) is 27.2. The molecule has 1 atom stereocenters. The molecule has 55 heavy (non-hydrogen) atoms. The Hall–Kier alpha value is -7.17. The summed E-state index contributed by atoms with van der Waals surface area (Å²) < 4.78 is 6.72. The van der Waals surface area contributed by atoms with Crippen molar-refractivity contribution in [2.45, 2.75) is 12.3 Å². The summed E-state index contributed by atoms with van der Waals surface area (Å²) in [4.78, 5) is 15.5. The molecule has 0 aliphatic heterocycles. The van der Waals surface area contributed by atoms with E-state index in [-0.39, 0.29) is 5.92 Å². The molecule has 0 saturated carbocycles. The molecule has 0 radical (unpaired) electrons. The number of allylic oxidation sites excluding steroid dienone is 4. The molecule has 0 spiro atoms. The van der Waals surface area contributed by atoms with E-state index in [1.54, 1.807) is 0 Å². The topological polar surface area (TPSA) is 51.8 Å². The van der Waals surface area contributed by atoms with Crippen LogP contribution < -0.4 is 0 Å². The molecule has 2 heterocycles. The van der Waals surface area contributed by atoms with E-state index in [4.69, 9.17) is 19.4 Å². The van der Waals surface area contributed by atoms with E-state index in [9.17, 15) is 0 Å². The van der Waals surface area contributed by atoms with Gasteiger partial charge in [0.25, 0.3) is 0 Å². The van der Waals surface area contributed by atoms with Gasteiger partial charge in [-0.3, -0.25) is 0 Å². The normalized spacial score (nSPS) is 14.0. The highest BCUT2D eigenvalue weighted by atomic mass is 16.3. The zero-order valence-electron chi connectivity index (χ0n) is 30.0. The van der Waals surface area contributed by atoms with E-state index in [0.717, 1.165) is 61.7 Å². The molecule has 260 valence electrons. The predicted octanol–water partition coefficient (Wildman–Crippen LogP) is 13.2. The van der Waals surface area contributed by atoms with Crippen LogP contribution in [-0.2, 0) is 0 Å². The van der Waals surface area contributed by atoms with Crippen molar-refractivity contribution in [1.29, 1.82) is 0 Å². The van der Waals surface area contributed by atoms with Crippen LogP contribution in [0, 0.1) is 0 Å². The molecule has 1 unspecified atom stereocenters. The molecule has 0 N–H and O–H groups in total. The molecule has 2 aromatic heterocycles. The second kappa shape index (κ2) is 14.0. The van der Waals surface area contributed by atoms with Crippen molar-refractivity contribution < 1.29 is 4.42 Å². The van der Waals surface area contributed by atoms with Gasteiger partial charge in [-0.25, -0.2) is 15.0 Å². The number of hydrogen-bond donors (Lipinski definition) is 0. The van der Waals surface area contributed by atoms with Crippen LogP contribution in [0.1, 0.15) is 23.5 Å². The molecule has 1 aliphatic carbocycles. The van der Waals surface area contributed by atoms with Crippen molar-refractivity contribution in [3.63, 3.8) is 0 Å². The van der Waals surface area contributed by atoms with Crippen molar-refractivity contribution in [3.05, 3.63) is 205 Å². The van der Waals surface area contributed by atoms with E-state index < -0.39 is 0 Å². The van der Waals surface area contributed by atoms with Crippen LogP contribution in [0.25, 0.3) is 83.9 Å². The van der Waals surface area contributed by atoms with Gasteiger partial charge in [-0.2, -0.15) is 0 Å². The highest BCUT2D eigenvalue weighted by molar-refractivity contribution is 6.13.